The molecule has 0 bridgehead atoms. The summed E-state index contributed by atoms with van der Waals surface area (Å²) in [5.41, 5.74) is 0.452. The maximum atomic E-state index is 12.6. The molecule has 150 valence electrons. The van der Waals surface area contributed by atoms with Crippen molar-refractivity contribution in [3.8, 4) is 0 Å². The van der Waals surface area contributed by atoms with E-state index in [-0.39, 0.29) is 12.2 Å². The van der Waals surface area contributed by atoms with E-state index in [2.05, 4.69) is 4.98 Å². The highest BCUT2D eigenvalue weighted by Gasteiger charge is 2.61. The second kappa shape index (κ2) is 6.48. The fourth-order valence-electron chi connectivity index (χ4n) is 4.78. The Labute approximate surface area is 162 Å². The first-order valence-electron chi connectivity index (χ1n) is 9.74. The standard InChI is InChI=1S/C20H25N3O5/c1-13-15(16-12-14(23(26)27)6-7-17(16)21-13)8-11-22-18(24)28-20(19(22,2)25)9-4-3-5-10-20/h6-7,12,21,25H,3-5,8-11H2,1-2H3/t19-/m1/s1. The Morgan fingerprint density at radius 3 is 2.71 bits per heavy atom. The zero-order chi connectivity index (χ0) is 20.1. The summed E-state index contributed by atoms with van der Waals surface area (Å²) in [7, 11) is 0. The van der Waals surface area contributed by atoms with Crippen molar-refractivity contribution in [1.29, 1.82) is 0 Å². The molecule has 1 aliphatic heterocycles. The third-order valence-corrected chi connectivity index (χ3v) is 6.45. The number of carbonyl (C=O) groups excluding carboxylic acids is 1. The summed E-state index contributed by atoms with van der Waals surface area (Å²) in [6, 6.07) is 4.72. The molecule has 2 aliphatic rings. The number of non-ortho nitro benzene ring substituents is 1. The van der Waals surface area contributed by atoms with Crippen molar-refractivity contribution < 1.29 is 19.6 Å². The molecule has 1 amide bonds. The van der Waals surface area contributed by atoms with Crippen LogP contribution in [0.4, 0.5) is 10.5 Å². The van der Waals surface area contributed by atoms with Gasteiger partial charge in [-0.15, -0.1) is 0 Å². The number of nitrogens with zero attached hydrogens (tertiary/aromatic N) is 2. The van der Waals surface area contributed by atoms with Crippen LogP contribution in [-0.2, 0) is 11.2 Å². The fourth-order valence-corrected chi connectivity index (χ4v) is 4.78. The molecule has 28 heavy (non-hydrogen) atoms. The van der Waals surface area contributed by atoms with E-state index in [9.17, 15) is 20.0 Å². The normalized spacial score (nSPS) is 24.1. The maximum Gasteiger partial charge on any atom is 0.412 e. The molecule has 1 saturated heterocycles. The molecule has 2 heterocycles. The monoisotopic (exact) mass is 387 g/mol. The van der Waals surface area contributed by atoms with Crippen LogP contribution in [0.3, 0.4) is 0 Å². The minimum absolute atomic E-state index is 0.0292. The number of hydrogen-bond acceptors (Lipinski definition) is 5. The third-order valence-electron chi connectivity index (χ3n) is 6.45. The van der Waals surface area contributed by atoms with Crippen molar-refractivity contribution in [2.45, 2.75) is 63.7 Å². The number of aliphatic hydroxyl groups is 1. The molecule has 1 aromatic carbocycles. The summed E-state index contributed by atoms with van der Waals surface area (Å²) in [5, 5.41) is 23.1. The lowest BCUT2D eigenvalue weighted by Gasteiger charge is -2.42. The fraction of sp³-hybridized carbons (Fsp3) is 0.550. The number of fused-ring (bicyclic) bond motifs is 1. The molecule has 1 aliphatic carbocycles. The topological polar surface area (TPSA) is 109 Å². The molecule has 2 aromatic rings. The number of H-pyrrole nitrogens is 1. The Morgan fingerprint density at radius 1 is 1.32 bits per heavy atom. The van der Waals surface area contributed by atoms with Crippen molar-refractivity contribution in [1.82, 2.24) is 9.88 Å². The highest BCUT2D eigenvalue weighted by atomic mass is 16.6. The number of benzene rings is 1. The van der Waals surface area contributed by atoms with Crippen LogP contribution < -0.4 is 0 Å². The van der Waals surface area contributed by atoms with Gasteiger partial charge in [0.05, 0.1) is 4.92 Å². The van der Waals surface area contributed by atoms with E-state index < -0.39 is 22.3 Å². The molecular formula is C20H25N3O5. The molecule has 1 saturated carbocycles. The van der Waals surface area contributed by atoms with E-state index in [1.165, 1.54) is 11.0 Å². The second-order valence-electron chi connectivity index (χ2n) is 8.06. The average molecular weight is 387 g/mol. The van der Waals surface area contributed by atoms with E-state index in [4.69, 9.17) is 4.74 Å². The number of hydrogen-bond donors (Lipinski definition) is 2. The van der Waals surface area contributed by atoms with Crippen LogP contribution in [0, 0.1) is 17.0 Å². The number of nitrogens with one attached hydrogen (secondary N) is 1. The van der Waals surface area contributed by atoms with Crippen LogP contribution in [0.1, 0.15) is 50.3 Å². The predicted molar refractivity (Wildman–Crippen MR) is 103 cm³/mol. The van der Waals surface area contributed by atoms with Crippen LogP contribution in [0.15, 0.2) is 18.2 Å². The van der Waals surface area contributed by atoms with E-state index in [0.29, 0.717) is 19.3 Å². The van der Waals surface area contributed by atoms with E-state index in [0.717, 1.165) is 41.4 Å². The molecule has 1 spiro atoms. The number of aryl methyl sites for hydroxylation is 1. The van der Waals surface area contributed by atoms with E-state index >= 15 is 0 Å². The SMILES string of the molecule is Cc1[nH]c2ccc([N+](=O)[O-])cc2c1CCN1C(=O)OC2(CCCCC2)[C@@]1(C)O. The summed E-state index contributed by atoms with van der Waals surface area (Å²) in [4.78, 5) is 27.9. The first-order valence-corrected chi connectivity index (χ1v) is 9.74. The number of nitro groups is 1. The van der Waals surface area contributed by atoms with E-state index in [1.54, 1.807) is 19.1 Å². The number of amides is 1. The molecule has 8 heteroatoms. The molecule has 0 unspecified atom stereocenters. The van der Waals surface area contributed by atoms with Gasteiger partial charge >= 0.3 is 6.09 Å². The van der Waals surface area contributed by atoms with Gasteiger partial charge in [-0.3, -0.25) is 15.0 Å². The second-order valence-corrected chi connectivity index (χ2v) is 8.06. The lowest BCUT2D eigenvalue weighted by atomic mass is 9.77. The van der Waals surface area contributed by atoms with Gasteiger partial charge in [-0.05, 0) is 57.6 Å². The summed E-state index contributed by atoms with van der Waals surface area (Å²) in [6.07, 6.45) is 4.26. The molecular weight excluding hydrogens is 362 g/mol. The number of aromatic amines is 1. The minimum Gasteiger partial charge on any atom is -0.438 e. The molecule has 8 nitrogen and oxygen atoms in total. The van der Waals surface area contributed by atoms with Gasteiger partial charge in [-0.2, -0.15) is 0 Å². The zero-order valence-corrected chi connectivity index (χ0v) is 16.2. The van der Waals surface area contributed by atoms with Gasteiger partial charge in [0.15, 0.2) is 11.3 Å². The van der Waals surface area contributed by atoms with Crippen molar-refractivity contribution in [3.63, 3.8) is 0 Å². The lowest BCUT2D eigenvalue weighted by Crippen LogP contribution is -2.57. The summed E-state index contributed by atoms with van der Waals surface area (Å²) >= 11 is 0. The first kappa shape index (κ1) is 18.7. The van der Waals surface area contributed by atoms with Gasteiger partial charge in [-0.25, -0.2) is 4.79 Å². The molecule has 0 radical (unpaired) electrons. The van der Waals surface area contributed by atoms with Gasteiger partial charge in [0.1, 0.15) is 0 Å². The van der Waals surface area contributed by atoms with Crippen LogP contribution >= 0.6 is 0 Å². The van der Waals surface area contributed by atoms with Gasteiger partial charge in [0, 0.05) is 35.3 Å². The molecule has 1 atom stereocenters. The number of carbonyl (C=O) groups is 1. The number of rotatable bonds is 4. The quantitative estimate of drug-likeness (QED) is 0.613. The summed E-state index contributed by atoms with van der Waals surface area (Å²) < 4.78 is 5.70. The zero-order valence-electron chi connectivity index (χ0n) is 16.2. The number of aromatic nitrogens is 1. The lowest BCUT2D eigenvalue weighted by molar-refractivity contribution is -0.384. The summed E-state index contributed by atoms with van der Waals surface area (Å²) in [5.74, 6) is 0. The van der Waals surface area contributed by atoms with Gasteiger partial charge in [0.25, 0.3) is 5.69 Å². The van der Waals surface area contributed by atoms with Crippen molar-refractivity contribution in [2.24, 2.45) is 0 Å². The molecule has 1 aromatic heterocycles. The van der Waals surface area contributed by atoms with Crippen LogP contribution in [0.25, 0.3) is 10.9 Å². The molecule has 4 rings (SSSR count). The third kappa shape index (κ3) is 2.74. The van der Waals surface area contributed by atoms with Crippen LogP contribution in [0.5, 0.6) is 0 Å². The van der Waals surface area contributed by atoms with E-state index in [1.807, 2.05) is 6.92 Å². The minimum atomic E-state index is -1.36. The average Bonchev–Trinajstić information content (AvgIpc) is 3.04. The summed E-state index contributed by atoms with van der Waals surface area (Å²) in [6.45, 7) is 3.85. The Bertz CT molecular complexity index is 943. The maximum absolute atomic E-state index is 12.6. The van der Waals surface area contributed by atoms with Gasteiger partial charge < -0.3 is 14.8 Å². The Balaban J connectivity index is 1.60. The smallest absolute Gasteiger partial charge is 0.412 e. The Hall–Kier alpha value is -2.61. The number of ether oxygens (including phenoxy) is 1. The van der Waals surface area contributed by atoms with Crippen molar-refractivity contribution >= 4 is 22.7 Å². The predicted octanol–water partition coefficient (Wildman–Crippen LogP) is 3.79. The van der Waals surface area contributed by atoms with Gasteiger partial charge in [0.2, 0.25) is 0 Å². The van der Waals surface area contributed by atoms with Crippen molar-refractivity contribution in [3.05, 3.63) is 39.6 Å². The van der Waals surface area contributed by atoms with Gasteiger partial charge in [-0.1, -0.05) is 6.42 Å². The molecule has 2 N–H and O–H groups in total. The first-order chi connectivity index (χ1) is 13.2. The molecule has 2 fully saturated rings. The van der Waals surface area contributed by atoms with Crippen LogP contribution in [0.2, 0.25) is 0 Å². The highest BCUT2D eigenvalue weighted by Crippen LogP contribution is 2.47. The number of nitro benzene ring substituents is 1. The Morgan fingerprint density at radius 2 is 2.04 bits per heavy atom. The van der Waals surface area contributed by atoms with Crippen molar-refractivity contribution in [2.75, 3.05) is 6.54 Å². The van der Waals surface area contributed by atoms with Crippen LogP contribution in [-0.4, -0.2) is 43.9 Å². The Kier molecular flexibility index (Phi) is 4.33. The highest BCUT2D eigenvalue weighted by molar-refractivity contribution is 5.86. The largest absolute Gasteiger partial charge is 0.438 e.